The molecule has 2 aliphatic carbocycles. The first-order chi connectivity index (χ1) is 18.1. The quantitative estimate of drug-likeness (QED) is 0.327. The Balaban J connectivity index is 1.44. The molecule has 206 valence electrons. The number of hydrogen-bond donors (Lipinski definition) is 3. The molecule has 8 heteroatoms. The van der Waals surface area contributed by atoms with Gasteiger partial charge < -0.3 is 25.6 Å². The molecule has 0 radical (unpaired) electrons. The van der Waals surface area contributed by atoms with Crippen molar-refractivity contribution in [3.8, 4) is 0 Å². The van der Waals surface area contributed by atoms with Gasteiger partial charge in [-0.25, -0.2) is 5.01 Å². The predicted molar refractivity (Wildman–Crippen MR) is 153 cm³/mol. The van der Waals surface area contributed by atoms with Crippen molar-refractivity contribution in [2.45, 2.75) is 75.3 Å². The Bertz CT molecular complexity index is 1190. The van der Waals surface area contributed by atoms with Crippen LogP contribution in [0.4, 0.5) is 11.4 Å². The highest BCUT2D eigenvalue weighted by molar-refractivity contribution is 6.11. The molecule has 5 rings (SSSR count). The molecule has 38 heavy (non-hydrogen) atoms. The zero-order chi connectivity index (χ0) is 27.2. The second kappa shape index (κ2) is 10.2. The van der Waals surface area contributed by atoms with E-state index in [-0.39, 0.29) is 29.1 Å². The number of hydrazine groups is 1. The maximum Gasteiger partial charge on any atom is 0.259 e. The lowest BCUT2D eigenvalue weighted by atomic mass is 9.60. The van der Waals surface area contributed by atoms with E-state index in [1.165, 1.54) is 19.3 Å². The summed E-state index contributed by atoms with van der Waals surface area (Å²) in [6, 6.07) is 12.7. The highest BCUT2D eigenvalue weighted by atomic mass is 16.5. The Hall–Kier alpha value is -2.49. The van der Waals surface area contributed by atoms with E-state index in [0.717, 1.165) is 53.0 Å². The molecule has 1 atom stereocenters. The molecule has 1 aliphatic heterocycles. The number of fused-ring (bicyclic) bond motifs is 1. The Morgan fingerprint density at radius 3 is 2.53 bits per heavy atom. The van der Waals surface area contributed by atoms with Crippen molar-refractivity contribution >= 4 is 17.3 Å². The lowest BCUT2D eigenvalue weighted by molar-refractivity contribution is -0.0600. The number of carbonyl (C=O) groups excluding carboxylic acids is 1. The van der Waals surface area contributed by atoms with Gasteiger partial charge in [0.25, 0.3) is 5.91 Å². The summed E-state index contributed by atoms with van der Waals surface area (Å²) in [6.07, 6.45) is 5.34. The normalized spacial score (nSPS) is 24.7. The van der Waals surface area contributed by atoms with Crippen LogP contribution in [0.25, 0.3) is 0 Å². The standard InChI is InChI=1S/C30H44N6O2/c1-29(11-8-12-29)33-18-20-13-24-25(26(14-20)34(3)4)19-36(27(24)37)22-10-7-9-21(15-22)30(16-23(17-30)38-6)28(31)35(5)32-2/h7,9-10,13-15,23,28,32-33H,8,11-12,16-19,31H2,1-6H3. The third-order valence-corrected chi connectivity index (χ3v) is 9.32. The molecule has 1 unspecified atom stereocenters. The van der Waals surface area contributed by atoms with Crippen molar-refractivity contribution in [2.75, 3.05) is 45.1 Å². The van der Waals surface area contributed by atoms with Crippen LogP contribution in [-0.2, 0) is 23.2 Å². The number of nitrogens with two attached hydrogens (primary N) is 1. The zero-order valence-corrected chi connectivity index (χ0v) is 23.8. The van der Waals surface area contributed by atoms with Crippen LogP contribution in [0.2, 0.25) is 0 Å². The van der Waals surface area contributed by atoms with Crippen molar-refractivity contribution in [1.82, 2.24) is 15.8 Å². The molecular weight excluding hydrogens is 476 g/mol. The monoisotopic (exact) mass is 520 g/mol. The molecular formula is C30H44N6O2. The van der Waals surface area contributed by atoms with Gasteiger partial charge in [0, 0.05) is 68.3 Å². The van der Waals surface area contributed by atoms with Crippen LogP contribution < -0.4 is 26.3 Å². The molecule has 0 saturated heterocycles. The molecule has 3 aliphatic rings. The van der Waals surface area contributed by atoms with Crippen LogP contribution in [0.1, 0.15) is 66.1 Å². The Labute approximate surface area is 227 Å². The van der Waals surface area contributed by atoms with Gasteiger partial charge in [0.15, 0.2) is 0 Å². The molecule has 2 fully saturated rings. The van der Waals surface area contributed by atoms with Crippen LogP contribution in [0.3, 0.4) is 0 Å². The van der Waals surface area contributed by atoms with Crippen LogP contribution in [0.15, 0.2) is 36.4 Å². The smallest absolute Gasteiger partial charge is 0.259 e. The van der Waals surface area contributed by atoms with Gasteiger partial charge >= 0.3 is 0 Å². The van der Waals surface area contributed by atoms with Crippen molar-refractivity contribution in [1.29, 1.82) is 0 Å². The number of rotatable bonds is 10. The minimum atomic E-state index is -0.255. The van der Waals surface area contributed by atoms with E-state index in [2.05, 4.69) is 67.0 Å². The zero-order valence-electron chi connectivity index (χ0n) is 23.8. The fourth-order valence-electron chi connectivity index (χ4n) is 6.42. The first kappa shape index (κ1) is 27.1. The molecule has 8 nitrogen and oxygen atoms in total. The number of amides is 1. The summed E-state index contributed by atoms with van der Waals surface area (Å²) in [5.74, 6) is 0.0611. The summed E-state index contributed by atoms with van der Waals surface area (Å²) in [6.45, 7) is 3.63. The van der Waals surface area contributed by atoms with Gasteiger partial charge in [0.1, 0.15) is 0 Å². The molecule has 2 saturated carbocycles. The second-order valence-corrected chi connectivity index (χ2v) is 11.9. The number of ether oxygens (including phenoxy) is 1. The second-order valence-electron chi connectivity index (χ2n) is 11.9. The first-order valence-corrected chi connectivity index (χ1v) is 13.8. The Morgan fingerprint density at radius 1 is 1.18 bits per heavy atom. The number of benzene rings is 2. The van der Waals surface area contributed by atoms with E-state index >= 15 is 0 Å². The summed E-state index contributed by atoms with van der Waals surface area (Å²) < 4.78 is 5.65. The molecule has 0 bridgehead atoms. The van der Waals surface area contributed by atoms with E-state index in [4.69, 9.17) is 10.5 Å². The van der Waals surface area contributed by atoms with E-state index in [0.29, 0.717) is 6.54 Å². The minimum Gasteiger partial charge on any atom is -0.381 e. The Kier molecular flexibility index (Phi) is 7.30. The number of carbonyl (C=O) groups is 1. The number of nitrogens with one attached hydrogen (secondary N) is 2. The highest BCUT2D eigenvalue weighted by Crippen LogP contribution is 2.48. The third-order valence-electron chi connectivity index (χ3n) is 9.32. The van der Waals surface area contributed by atoms with Crippen molar-refractivity contribution in [3.05, 3.63) is 58.7 Å². The minimum absolute atomic E-state index is 0.0611. The summed E-state index contributed by atoms with van der Waals surface area (Å²) in [4.78, 5) is 17.9. The van der Waals surface area contributed by atoms with E-state index in [1.54, 1.807) is 7.11 Å². The summed E-state index contributed by atoms with van der Waals surface area (Å²) in [7, 11) is 9.73. The molecule has 1 heterocycles. The van der Waals surface area contributed by atoms with Crippen LogP contribution in [0, 0.1) is 0 Å². The number of likely N-dealkylation sites (N-methyl/N-ethyl adjacent to an activating group) is 1. The average Bonchev–Trinajstić information content (AvgIpc) is 3.21. The fraction of sp³-hybridized carbons (Fsp3) is 0.567. The van der Waals surface area contributed by atoms with Gasteiger partial charge in [0.2, 0.25) is 0 Å². The van der Waals surface area contributed by atoms with Crippen molar-refractivity contribution < 1.29 is 9.53 Å². The predicted octanol–water partition coefficient (Wildman–Crippen LogP) is 3.34. The number of nitrogens with zero attached hydrogens (tertiary/aromatic N) is 3. The average molecular weight is 521 g/mol. The van der Waals surface area contributed by atoms with E-state index in [9.17, 15) is 4.79 Å². The number of anilines is 2. The van der Waals surface area contributed by atoms with Crippen LogP contribution in [0.5, 0.6) is 0 Å². The van der Waals surface area contributed by atoms with Gasteiger partial charge in [-0.05, 0) is 81.5 Å². The van der Waals surface area contributed by atoms with Gasteiger partial charge in [-0.15, -0.1) is 0 Å². The molecule has 0 spiro atoms. The fourth-order valence-corrected chi connectivity index (χ4v) is 6.42. The van der Waals surface area contributed by atoms with Crippen molar-refractivity contribution in [2.24, 2.45) is 5.73 Å². The van der Waals surface area contributed by atoms with Gasteiger partial charge in [-0.2, -0.15) is 0 Å². The molecule has 4 N–H and O–H groups in total. The number of hydrogen-bond acceptors (Lipinski definition) is 7. The summed E-state index contributed by atoms with van der Waals surface area (Å²) in [5.41, 5.74) is 16.1. The third kappa shape index (κ3) is 4.62. The maximum atomic E-state index is 13.8. The van der Waals surface area contributed by atoms with Gasteiger partial charge in [-0.3, -0.25) is 10.2 Å². The largest absolute Gasteiger partial charge is 0.381 e. The topological polar surface area (TPSA) is 86.1 Å². The molecule has 2 aromatic rings. The molecule has 2 aromatic carbocycles. The van der Waals surface area contributed by atoms with Crippen molar-refractivity contribution in [3.63, 3.8) is 0 Å². The van der Waals surface area contributed by atoms with Gasteiger partial charge in [-0.1, -0.05) is 12.1 Å². The lowest BCUT2D eigenvalue weighted by Crippen LogP contribution is -2.64. The van der Waals surface area contributed by atoms with Crippen LogP contribution >= 0.6 is 0 Å². The van der Waals surface area contributed by atoms with E-state index < -0.39 is 0 Å². The lowest BCUT2D eigenvalue weighted by Gasteiger charge is -2.53. The number of methoxy groups -OCH3 is 1. The SMILES string of the molecule is CNN(C)C(N)C1(c2cccc(N3Cc4c(cc(CNC5(C)CCC5)cc4N(C)C)C3=O)c2)CC(OC)C1. The maximum absolute atomic E-state index is 13.8. The summed E-state index contributed by atoms with van der Waals surface area (Å²) in [5, 5.41) is 5.68. The molecule has 1 amide bonds. The Morgan fingerprint density at radius 2 is 1.92 bits per heavy atom. The summed E-state index contributed by atoms with van der Waals surface area (Å²) >= 11 is 0. The van der Waals surface area contributed by atoms with Crippen LogP contribution in [-0.4, -0.2) is 64.0 Å². The highest BCUT2D eigenvalue weighted by Gasteiger charge is 2.51. The van der Waals surface area contributed by atoms with E-state index in [1.807, 2.05) is 30.1 Å². The molecule has 0 aromatic heterocycles. The van der Waals surface area contributed by atoms with Gasteiger partial charge in [0.05, 0.1) is 18.8 Å². The first-order valence-electron chi connectivity index (χ1n) is 13.8.